The molecule has 0 spiro atoms. The Hall–Kier alpha value is -0.740. The second-order valence-corrected chi connectivity index (χ2v) is 4.77. The Kier molecular flexibility index (Phi) is 4.22. The first kappa shape index (κ1) is 11.3. The first-order valence-electron chi connectivity index (χ1n) is 4.31. The van der Waals surface area contributed by atoms with Gasteiger partial charge in [0.05, 0.1) is 15.3 Å². The number of hydrogen-bond acceptors (Lipinski definition) is 3. The normalized spacial score (nSPS) is 12.4. The maximum atomic E-state index is 10.5. The maximum Gasteiger partial charge on any atom is 0.306 e. The largest absolute Gasteiger partial charge is 0.481 e. The number of hydrogen-bond donors (Lipinski definition) is 2. The molecule has 2 N–H and O–H groups in total. The van der Waals surface area contributed by atoms with Crippen molar-refractivity contribution in [2.45, 2.75) is 13.3 Å². The van der Waals surface area contributed by atoms with E-state index in [1.54, 1.807) is 6.92 Å². The third-order valence-electron chi connectivity index (χ3n) is 1.87. The standard InChI is InChI=1S/C9H12ClNO2S/c1-6(9(12)13)4-5-11-8-3-2-7(10)14-8/h2-3,6,11H,4-5H2,1H3,(H,12,13). The molecular weight excluding hydrogens is 222 g/mol. The quantitative estimate of drug-likeness (QED) is 0.822. The van der Waals surface area contributed by atoms with Gasteiger partial charge in [-0.2, -0.15) is 0 Å². The van der Waals surface area contributed by atoms with Gasteiger partial charge in [0, 0.05) is 6.54 Å². The number of nitrogens with one attached hydrogen (secondary N) is 1. The third kappa shape index (κ3) is 3.55. The van der Waals surface area contributed by atoms with Gasteiger partial charge < -0.3 is 10.4 Å². The van der Waals surface area contributed by atoms with Gasteiger partial charge in [0.2, 0.25) is 0 Å². The zero-order valence-corrected chi connectivity index (χ0v) is 9.36. The smallest absolute Gasteiger partial charge is 0.306 e. The summed E-state index contributed by atoms with van der Waals surface area (Å²) in [5.41, 5.74) is 0. The Balaban J connectivity index is 2.25. The summed E-state index contributed by atoms with van der Waals surface area (Å²) in [6.07, 6.45) is 0.616. The van der Waals surface area contributed by atoms with Crippen LogP contribution in [0.5, 0.6) is 0 Å². The van der Waals surface area contributed by atoms with Crippen LogP contribution in [0.4, 0.5) is 5.00 Å². The number of thiophene rings is 1. The summed E-state index contributed by atoms with van der Waals surface area (Å²) in [5, 5.41) is 12.7. The predicted octanol–water partition coefficient (Wildman–Crippen LogP) is 2.92. The molecule has 0 aromatic carbocycles. The topological polar surface area (TPSA) is 49.3 Å². The van der Waals surface area contributed by atoms with Crippen molar-refractivity contribution in [3.63, 3.8) is 0 Å². The lowest BCUT2D eigenvalue weighted by molar-refractivity contribution is -0.141. The lowest BCUT2D eigenvalue weighted by atomic mass is 10.1. The number of aliphatic carboxylic acids is 1. The molecule has 1 unspecified atom stereocenters. The summed E-state index contributed by atoms with van der Waals surface area (Å²) >= 11 is 7.19. The number of carboxylic acids is 1. The van der Waals surface area contributed by atoms with E-state index in [4.69, 9.17) is 16.7 Å². The molecule has 78 valence electrons. The fraction of sp³-hybridized carbons (Fsp3) is 0.444. The fourth-order valence-corrected chi connectivity index (χ4v) is 1.91. The van der Waals surface area contributed by atoms with Crippen molar-refractivity contribution in [3.8, 4) is 0 Å². The second kappa shape index (κ2) is 5.22. The van der Waals surface area contributed by atoms with Gasteiger partial charge in [0.1, 0.15) is 0 Å². The summed E-state index contributed by atoms with van der Waals surface area (Å²) in [6.45, 7) is 2.36. The van der Waals surface area contributed by atoms with E-state index in [1.165, 1.54) is 11.3 Å². The highest BCUT2D eigenvalue weighted by molar-refractivity contribution is 7.19. The summed E-state index contributed by atoms with van der Waals surface area (Å²) in [7, 11) is 0. The van der Waals surface area contributed by atoms with Crippen molar-refractivity contribution >= 4 is 33.9 Å². The Morgan fingerprint density at radius 2 is 2.43 bits per heavy atom. The van der Waals surface area contributed by atoms with Gasteiger partial charge in [0.15, 0.2) is 0 Å². The van der Waals surface area contributed by atoms with Crippen LogP contribution in [0.3, 0.4) is 0 Å². The molecule has 3 nitrogen and oxygen atoms in total. The van der Waals surface area contributed by atoms with Gasteiger partial charge in [-0.25, -0.2) is 0 Å². The number of anilines is 1. The minimum Gasteiger partial charge on any atom is -0.481 e. The van der Waals surface area contributed by atoms with Crippen molar-refractivity contribution in [1.29, 1.82) is 0 Å². The molecular formula is C9H12ClNO2S. The lowest BCUT2D eigenvalue weighted by Gasteiger charge is -2.06. The molecule has 1 aromatic heterocycles. The molecule has 1 rings (SSSR count). The lowest BCUT2D eigenvalue weighted by Crippen LogP contribution is -2.14. The fourth-order valence-electron chi connectivity index (χ4n) is 0.945. The summed E-state index contributed by atoms with van der Waals surface area (Å²) < 4.78 is 0.735. The van der Waals surface area contributed by atoms with Crippen molar-refractivity contribution in [2.75, 3.05) is 11.9 Å². The van der Waals surface area contributed by atoms with E-state index in [2.05, 4.69) is 5.32 Å². The van der Waals surface area contributed by atoms with E-state index in [9.17, 15) is 4.79 Å². The van der Waals surface area contributed by atoms with Crippen molar-refractivity contribution in [3.05, 3.63) is 16.5 Å². The molecule has 0 saturated heterocycles. The zero-order chi connectivity index (χ0) is 10.6. The first-order chi connectivity index (χ1) is 6.59. The molecule has 14 heavy (non-hydrogen) atoms. The molecule has 1 atom stereocenters. The van der Waals surface area contributed by atoms with E-state index < -0.39 is 5.97 Å². The SMILES string of the molecule is CC(CCNc1ccc(Cl)s1)C(=O)O. The monoisotopic (exact) mass is 233 g/mol. The van der Waals surface area contributed by atoms with Gasteiger partial charge in [-0.15, -0.1) is 11.3 Å². The Labute approximate surface area is 91.7 Å². The van der Waals surface area contributed by atoms with E-state index in [-0.39, 0.29) is 5.92 Å². The minimum absolute atomic E-state index is 0.307. The van der Waals surface area contributed by atoms with Crippen LogP contribution in [0.2, 0.25) is 4.34 Å². The predicted molar refractivity (Wildman–Crippen MR) is 59.2 cm³/mol. The number of rotatable bonds is 5. The van der Waals surface area contributed by atoms with Crippen LogP contribution >= 0.6 is 22.9 Å². The van der Waals surface area contributed by atoms with Crippen LogP contribution in [-0.4, -0.2) is 17.6 Å². The average Bonchev–Trinajstić information content (AvgIpc) is 2.51. The molecule has 5 heteroatoms. The minimum atomic E-state index is -0.754. The van der Waals surface area contributed by atoms with Gasteiger partial charge in [-0.3, -0.25) is 4.79 Å². The highest BCUT2D eigenvalue weighted by Crippen LogP contribution is 2.25. The molecule has 0 aliphatic rings. The number of carboxylic acid groups (broad SMARTS) is 1. The van der Waals surface area contributed by atoms with Crippen LogP contribution in [-0.2, 0) is 4.79 Å². The molecule has 0 aliphatic carbocycles. The first-order valence-corrected chi connectivity index (χ1v) is 5.51. The molecule has 0 aliphatic heterocycles. The van der Waals surface area contributed by atoms with Crippen LogP contribution in [0.15, 0.2) is 12.1 Å². The third-order valence-corrected chi connectivity index (χ3v) is 3.06. The molecule has 1 aromatic rings. The number of halogens is 1. The van der Waals surface area contributed by atoms with Crippen molar-refractivity contribution in [1.82, 2.24) is 0 Å². The molecule has 0 radical (unpaired) electrons. The Morgan fingerprint density at radius 1 is 1.71 bits per heavy atom. The summed E-state index contributed by atoms with van der Waals surface area (Å²) in [6, 6.07) is 3.70. The second-order valence-electron chi connectivity index (χ2n) is 3.06. The van der Waals surface area contributed by atoms with Crippen molar-refractivity contribution < 1.29 is 9.90 Å². The summed E-state index contributed by atoms with van der Waals surface area (Å²) in [4.78, 5) is 10.5. The number of carbonyl (C=O) groups is 1. The Morgan fingerprint density at radius 3 is 2.93 bits per heavy atom. The highest BCUT2D eigenvalue weighted by atomic mass is 35.5. The molecule has 0 bridgehead atoms. The van der Waals surface area contributed by atoms with Crippen LogP contribution in [0.25, 0.3) is 0 Å². The highest BCUT2D eigenvalue weighted by Gasteiger charge is 2.09. The van der Waals surface area contributed by atoms with Gasteiger partial charge in [0.25, 0.3) is 0 Å². The van der Waals surface area contributed by atoms with E-state index >= 15 is 0 Å². The maximum absolute atomic E-state index is 10.5. The van der Waals surface area contributed by atoms with E-state index in [0.717, 1.165) is 9.34 Å². The van der Waals surface area contributed by atoms with Crippen LogP contribution in [0.1, 0.15) is 13.3 Å². The average molecular weight is 234 g/mol. The van der Waals surface area contributed by atoms with Gasteiger partial charge in [-0.1, -0.05) is 18.5 Å². The van der Waals surface area contributed by atoms with Crippen LogP contribution in [0, 0.1) is 5.92 Å². The van der Waals surface area contributed by atoms with Crippen molar-refractivity contribution in [2.24, 2.45) is 5.92 Å². The molecule has 1 heterocycles. The van der Waals surface area contributed by atoms with E-state index in [0.29, 0.717) is 13.0 Å². The van der Waals surface area contributed by atoms with Gasteiger partial charge >= 0.3 is 5.97 Å². The van der Waals surface area contributed by atoms with E-state index in [1.807, 2.05) is 12.1 Å². The molecule has 0 saturated carbocycles. The summed E-state index contributed by atoms with van der Waals surface area (Å²) in [5.74, 6) is -1.06. The molecule has 0 amide bonds. The van der Waals surface area contributed by atoms with Gasteiger partial charge in [-0.05, 0) is 18.6 Å². The Bertz CT molecular complexity index is 314. The molecule has 0 fully saturated rings. The van der Waals surface area contributed by atoms with Crippen LogP contribution < -0.4 is 5.32 Å². The zero-order valence-electron chi connectivity index (χ0n) is 7.79.